The van der Waals surface area contributed by atoms with E-state index in [9.17, 15) is 4.79 Å². The molecule has 0 aliphatic heterocycles. The minimum Gasteiger partial charge on any atom is -0.383 e. The summed E-state index contributed by atoms with van der Waals surface area (Å²) >= 11 is 0. The molecule has 2 rings (SSSR count). The van der Waals surface area contributed by atoms with Crippen LogP contribution in [-0.4, -0.2) is 36.1 Å². The molecule has 1 amide bonds. The molecule has 2 N–H and O–H groups in total. The molecule has 0 atom stereocenters. The Bertz CT molecular complexity index is 599. The third-order valence-corrected chi connectivity index (χ3v) is 2.79. The highest BCUT2D eigenvalue weighted by atomic mass is 16.5. The molecular weight excluding hydrogens is 268 g/mol. The smallest absolute Gasteiger partial charge is 0.270 e. The lowest BCUT2D eigenvalue weighted by molar-refractivity contribution is 0.0932. The van der Waals surface area contributed by atoms with Crippen molar-refractivity contribution in [3.05, 3.63) is 47.8 Å². The van der Waals surface area contributed by atoms with Crippen LogP contribution >= 0.6 is 0 Å². The maximum Gasteiger partial charge on any atom is 0.270 e. The predicted molar refractivity (Wildman–Crippen MR) is 80.7 cm³/mol. The molecule has 1 aromatic heterocycles. The third kappa shape index (κ3) is 4.54. The highest BCUT2D eigenvalue weighted by Crippen LogP contribution is 2.13. The van der Waals surface area contributed by atoms with Gasteiger partial charge in [0.25, 0.3) is 5.91 Å². The summed E-state index contributed by atoms with van der Waals surface area (Å²) in [6.07, 6.45) is 1.55. The van der Waals surface area contributed by atoms with E-state index in [-0.39, 0.29) is 5.91 Å². The number of amides is 1. The average Bonchev–Trinajstić information content (AvgIpc) is 2.50. The van der Waals surface area contributed by atoms with Crippen molar-refractivity contribution in [1.29, 1.82) is 0 Å². The van der Waals surface area contributed by atoms with Gasteiger partial charge in [-0.05, 0) is 25.1 Å². The lowest BCUT2D eigenvalue weighted by Gasteiger charge is -2.07. The standard InChI is InChI=1S/C15H18N4O2/c1-11-3-5-12(6-4-11)18-15-17-8-7-13(19-15)14(20)16-9-10-21-2/h3-8H,9-10H2,1-2H3,(H,16,20)(H,17,18,19). The van der Waals surface area contributed by atoms with E-state index < -0.39 is 0 Å². The van der Waals surface area contributed by atoms with Gasteiger partial charge in [0, 0.05) is 25.5 Å². The number of benzene rings is 1. The van der Waals surface area contributed by atoms with Crippen LogP contribution in [0.4, 0.5) is 11.6 Å². The molecule has 6 heteroatoms. The first-order chi connectivity index (χ1) is 10.2. The van der Waals surface area contributed by atoms with E-state index in [2.05, 4.69) is 20.6 Å². The van der Waals surface area contributed by atoms with Gasteiger partial charge in [0.05, 0.1) is 6.61 Å². The first-order valence-corrected chi connectivity index (χ1v) is 6.63. The molecule has 1 heterocycles. The number of ether oxygens (including phenoxy) is 1. The molecule has 0 unspecified atom stereocenters. The third-order valence-electron chi connectivity index (χ3n) is 2.79. The van der Waals surface area contributed by atoms with Crippen LogP contribution in [0.3, 0.4) is 0 Å². The van der Waals surface area contributed by atoms with Crippen molar-refractivity contribution < 1.29 is 9.53 Å². The summed E-state index contributed by atoms with van der Waals surface area (Å²) in [4.78, 5) is 20.2. The van der Waals surface area contributed by atoms with E-state index in [1.165, 1.54) is 5.56 Å². The Labute approximate surface area is 123 Å². The minimum absolute atomic E-state index is 0.249. The number of methoxy groups -OCH3 is 1. The SMILES string of the molecule is COCCNC(=O)c1ccnc(Nc2ccc(C)cc2)n1. The lowest BCUT2D eigenvalue weighted by Crippen LogP contribution is -2.27. The number of nitrogens with zero attached hydrogens (tertiary/aromatic N) is 2. The van der Waals surface area contributed by atoms with E-state index in [1.54, 1.807) is 19.4 Å². The monoisotopic (exact) mass is 286 g/mol. The first kappa shape index (κ1) is 14.9. The molecule has 0 saturated heterocycles. The molecule has 21 heavy (non-hydrogen) atoms. The second kappa shape index (κ2) is 7.35. The molecule has 2 aromatic rings. The summed E-state index contributed by atoms with van der Waals surface area (Å²) in [6, 6.07) is 9.42. The fourth-order valence-electron chi connectivity index (χ4n) is 1.67. The molecule has 0 bridgehead atoms. The van der Waals surface area contributed by atoms with Crippen molar-refractivity contribution >= 4 is 17.5 Å². The van der Waals surface area contributed by atoms with Gasteiger partial charge in [-0.2, -0.15) is 0 Å². The van der Waals surface area contributed by atoms with E-state index in [4.69, 9.17) is 4.74 Å². The van der Waals surface area contributed by atoms with Gasteiger partial charge >= 0.3 is 0 Å². The van der Waals surface area contributed by atoms with Crippen LogP contribution in [0.1, 0.15) is 16.1 Å². The zero-order chi connectivity index (χ0) is 15.1. The fourth-order valence-corrected chi connectivity index (χ4v) is 1.67. The minimum atomic E-state index is -0.249. The fraction of sp³-hybridized carbons (Fsp3) is 0.267. The molecule has 0 saturated carbocycles. The van der Waals surface area contributed by atoms with Crippen LogP contribution in [0.25, 0.3) is 0 Å². The summed E-state index contributed by atoms with van der Waals surface area (Å²) in [6.45, 7) is 2.93. The van der Waals surface area contributed by atoms with Crippen molar-refractivity contribution in [3.63, 3.8) is 0 Å². The molecule has 110 valence electrons. The number of aryl methyl sites for hydroxylation is 1. The Kier molecular flexibility index (Phi) is 5.22. The topological polar surface area (TPSA) is 76.1 Å². The van der Waals surface area contributed by atoms with Gasteiger partial charge in [0.2, 0.25) is 5.95 Å². The summed E-state index contributed by atoms with van der Waals surface area (Å²) in [5.74, 6) is 0.139. The number of hydrogen-bond donors (Lipinski definition) is 2. The Hall–Kier alpha value is -2.47. The van der Waals surface area contributed by atoms with Crippen LogP contribution in [0.15, 0.2) is 36.5 Å². The second-order valence-electron chi connectivity index (χ2n) is 4.51. The molecule has 1 aromatic carbocycles. The van der Waals surface area contributed by atoms with Crippen LogP contribution in [0.5, 0.6) is 0 Å². The largest absolute Gasteiger partial charge is 0.383 e. The molecule has 6 nitrogen and oxygen atoms in total. The Morgan fingerprint density at radius 3 is 2.71 bits per heavy atom. The summed E-state index contributed by atoms with van der Waals surface area (Å²) in [5.41, 5.74) is 2.36. The van der Waals surface area contributed by atoms with Crippen molar-refractivity contribution in [2.24, 2.45) is 0 Å². The Morgan fingerprint density at radius 1 is 1.24 bits per heavy atom. The first-order valence-electron chi connectivity index (χ1n) is 6.63. The second-order valence-corrected chi connectivity index (χ2v) is 4.51. The quantitative estimate of drug-likeness (QED) is 0.793. The number of carbonyl (C=O) groups is 1. The highest BCUT2D eigenvalue weighted by molar-refractivity contribution is 5.92. The van der Waals surface area contributed by atoms with Crippen molar-refractivity contribution in [1.82, 2.24) is 15.3 Å². The van der Waals surface area contributed by atoms with Gasteiger partial charge in [-0.3, -0.25) is 4.79 Å². The van der Waals surface area contributed by atoms with Gasteiger partial charge in [-0.25, -0.2) is 9.97 Å². The van der Waals surface area contributed by atoms with Crippen molar-refractivity contribution in [3.8, 4) is 0 Å². The van der Waals surface area contributed by atoms with Crippen LogP contribution in [-0.2, 0) is 4.74 Å². The number of nitrogens with one attached hydrogen (secondary N) is 2. The predicted octanol–water partition coefficient (Wildman–Crippen LogP) is 1.90. The molecule has 0 radical (unpaired) electrons. The summed E-state index contributed by atoms with van der Waals surface area (Å²) in [7, 11) is 1.58. The van der Waals surface area contributed by atoms with Gasteiger partial charge in [0.15, 0.2) is 0 Å². The van der Waals surface area contributed by atoms with E-state index in [0.717, 1.165) is 5.69 Å². The number of rotatable bonds is 6. The van der Waals surface area contributed by atoms with Crippen molar-refractivity contribution in [2.75, 3.05) is 25.6 Å². The number of anilines is 2. The highest BCUT2D eigenvalue weighted by Gasteiger charge is 2.08. The molecule has 0 spiro atoms. The normalized spacial score (nSPS) is 10.2. The van der Waals surface area contributed by atoms with E-state index in [0.29, 0.717) is 24.8 Å². The van der Waals surface area contributed by atoms with Crippen LogP contribution in [0.2, 0.25) is 0 Å². The summed E-state index contributed by atoms with van der Waals surface area (Å²) < 4.78 is 4.88. The molecule has 0 aliphatic carbocycles. The van der Waals surface area contributed by atoms with Gasteiger partial charge < -0.3 is 15.4 Å². The maximum absolute atomic E-state index is 11.9. The summed E-state index contributed by atoms with van der Waals surface area (Å²) in [5, 5.41) is 5.78. The van der Waals surface area contributed by atoms with Gasteiger partial charge in [0.1, 0.15) is 5.69 Å². The average molecular weight is 286 g/mol. The van der Waals surface area contributed by atoms with Gasteiger partial charge in [-0.15, -0.1) is 0 Å². The molecule has 0 fully saturated rings. The van der Waals surface area contributed by atoms with Crippen molar-refractivity contribution in [2.45, 2.75) is 6.92 Å². The Morgan fingerprint density at radius 2 is 2.00 bits per heavy atom. The lowest BCUT2D eigenvalue weighted by atomic mass is 10.2. The maximum atomic E-state index is 11.9. The van der Waals surface area contributed by atoms with Crippen LogP contribution in [0, 0.1) is 6.92 Å². The molecule has 0 aliphatic rings. The number of hydrogen-bond acceptors (Lipinski definition) is 5. The van der Waals surface area contributed by atoms with Gasteiger partial charge in [-0.1, -0.05) is 17.7 Å². The van der Waals surface area contributed by atoms with Crippen LogP contribution < -0.4 is 10.6 Å². The zero-order valence-corrected chi connectivity index (χ0v) is 12.1. The number of carbonyl (C=O) groups excluding carboxylic acids is 1. The Balaban J connectivity index is 2.03. The zero-order valence-electron chi connectivity index (χ0n) is 12.1. The van der Waals surface area contributed by atoms with E-state index >= 15 is 0 Å². The molecular formula is C15H18N4O2. The van der Waals surface area contributed by atoms with E-state index in [1.807, 2.05) is 31.2 Å². The number of aromatic nitrogens is 2.